The number of carboxylic acid groups (broad SMARTS) is 1. The minimum atomic E-state index is -0.724. The lowest BCUT2D eigenvalue weighted by Crippen LogP contribution is -2.21. The Bertz CT molecular complexity index is 343. The van der Waals surface area contributed by atoms with Crippen LogP contribution in [0.3, 0.4) is 0 Å². The number of carbonyl (C=O) groups is 1. The molecule has 1 aromatic heterocycles. The van der Waals surface area contributed by atoms with Crippen LogP contribution in [0, 0.1) is 5.92 Å². The Hall–Kier alpha value is -0.770. The van der Waals surface area contributed by atoms with Crippen LogP contribution in [0.1, 0.15) is 17.7 Å². The molecule has 3 nitrogen and oxygen atoms in total. The van der Waals surface area contributed by atoms with Crippen molar-refractivity contribution >= 4 is 21.9 Å². The van der Waals surface area contributed by atoms with Gasteiger partial charge in [-0.15, -0.1) is 0 Å². The quantitative estimate of drug-likeness (QED) is 0.825. The molecular formula is C9H9BrO3. The van der Waals surface area contributed by atoms with Crippen molar-refractivity contribution in [3.8, 4) is 0 Å². The molecule has 70 valence electrons. The second-order valence-corrected chi connectivity index (χ2v) is 4.06. The van der Waals surface area contributed by atoms with E-state index in [1.54, 1.807) is 0 Å². The molecule has 1 atom stereocenters. The summed E-state index contributed by atoms with van der Waals surface area (Å²) in [5.41, 5.74) is 1.14. The van der Waals surface area contributed by atoms with Crippen molar-refractivity contribution in [3.63, 3.8) is 0 Å². The van der Waals surface area contributed by atoms with Crippen LogP contribution in [0.2, 0.25) is 0 Å². The number of furan rings is 1. The van der Waals surface area contributed by atoms with E-state index in [1.165, 1.54) is 0 Å². The summed E-state index contributed by atoms with van der Waals surface area (Å²) in [4.78, 5) is 10.7. The summed E-state index contributed by atoms with van der Waals surface area (Å²) in [5.74, 6) is -0.172. The predicted octanol–water partition coefficient (Wildman–Crippen LogP) is 2.23. The van der Waals surface area contributed by atoms with Gasteiger partial charge < -0.3 is 9.52 Å². The average molecular weight is 245 g/mol. The van der Waals surface area contributed by atoms with Crippen LogP contribution in [0.15, 0.2) is 15.2 Å². The number of fused-ring (bicyclic) bond motifs is 1. The second kappa shape index (κ2) is 3.18. The molecule has 0 radical (unpaired) electrons. The minimum Gasteiger partial charge on any atom is -0.481 e. The molecule has 1 unspecified atom stereocenters. The molecule has 0 aromatic carbocycles. The summed E-state index contributed by atoms with van der Waals surface area (Å²) in [6.45, 7) is 0. The van der Waals surface area contributed by atoms with Crippen molar-refractivity contribution in [2.45, 2.75) is 19.3 Å². The number of hydrogen-bond donors (Lipinski definition) is 1. The Kier molecular flexibility index (Phi) is 2.15. The minimum absolute atomic E-state index is 0.273. The van der Waals surface area contributed by atoms with E-state index >= 15 is 0 Å². The largest absolute Gasteiger partial charge is 0.481 e. The zero-order valence-electron chi connectivity index (χ0n) is 6.92. The maximum atomic E-state index is 10.7. The summed E-state index contributed by atoms with van der Waals surface area (Å²) < 4.78 is 6.04. The van der Waals surface area contributed by atoms with Crippen LogP contribution in [0.25, 0.3) is 0 Å². The number of carboxylic acids is 1. The molecular weight excluding hydrogens is 236 g/mol. The topological polar surface area (TPSA) is 50.4 Å². The van der Waals surface area contributed by atoms with E-state index in [0.29, 0.717) is 17.5 Å². The molecule has 0 aliphatic heterocycles. The van der Waals surface area contributed by atoms with E-state index in [0.717, 1.165) is 17.7 Å². The SMILES string of the molecule is O=C(O)C1CCc2cc(Br)oc2C1. The van der Waals surface area contributed by atoms with Gasteiger partial charge in [-0.25, -0.2) is 0 Å². The third-order valence-corrected chi connectivity index (χ3v) is 2.80. The number of halogens is 1. The normalized spacial score (nSPS) is 21.2. The van der Waals surface area contributed by atoms with Crippen LogP contribution in [-0.2, 0) is 17.6 Å². The maximum Gasteiger partial charge on any atom is 0.306 e. The monoisotopic (exact) mass is 244 g/mol. The van der Waals surface area contributed by atoms with Gasteiger partial charge in [0, 0.05) is 6.42 Å². The third-order valence-electron chi connectivity index (χ3n) is 2.41. The fourth-order valence-corrected chi connectivity index (χ4v) is 2.15. The van der Waals surface area contributed by atoms with Gasteiger partial charge in [-0.05, 0) is 40.4 Å². The first-order valence-electron chi connectivity index (χ1n) is 4.16. The molecule has 1 aromatic rings. The van der Waals surface area contributed by atoms with Crippen LogP contribution in [0.5, 0.6) is 0 Å². The highest BCUT2D eigenvalue weighted by molar-refractivity contribution is 9.10. The molecule has 0 amide bonds. The van der Waals surface area contributed by atoms with E-state index < -0.39 is 5.97 Å². The lowest BCUT2D eigenvalue weighted by Gasteiger charge is -2.16. The molecule has 2 rings (SSSR count). The number of hydrogen-bond acceptors (Lipinski definition) is 2. The molecule has 13 heavy (non-hydrogen) atoms. The number of rotatable bonds is 1. The van der Waals surface area contributed by atoms with Gasteiger partial charge in [0.05, 0.1) is 5.92 Å². The predicted molar refractivity (Wildman–Crippen MR) is 49.6 cm³/mol. The Morgan fingerprint density at radius 3 is 3.15 bits per heavy atom. The van der Waals surface area contributed by atoms with Crippen molar-refractivity contribution in [1.29, 1.82) is 0 Å². The van der Waals surface area contributed by atoms with Crippen molar-refractivity contribution in [1.82, 2.24) is 0 Å². The zero-order chi connectivity index (χ0) is 9.42. The molecule has 0 saturated carbocycles. The van der Waals surface area contributed by atoms with Gasteiger partial charge in [0.15, 0.2) is 4.67 Å². The van der Waals surface area contributed by atoms with Crippen molar-refractivity contribution in [2.75, 3.05) is 0 Å². The molecule has 1 aliphatic rings. The Morgan fingerprint density at radius 2 is 2.46 bits per heavy atom. The number of aliphatic carboxylic acids is 1. The van der Waals surface area contributed by atoms with Gasteiger partial charge >= 0.3 is 5.97 Å². The lowest BCUT2D eigenvalue weighted by molar-refractivity contribution is -0.142. The second-order valence-electron chi connectivity index (χ2n) is 3.28. The molecule has 1 N–H and O–H groups in total. The Morgan fingerprint density at radius 1 is 1.69 bits per heavy atom. The highest BCUT2D eigenvalue weighted by Gasteiger charge is 2.26. The smallest absolute Gasteiger partial charge is 0.306 e. The summed E-state index contributed by atoms with van der Waals surface area (Å²) in [6, 6.07) is 1.92. The average Bonchev–Trinajstić information content (AvgIpc) is 2.42. The maximum absolute atomic E-state index is 10.7. The highest BCUT2D eigenvalue weighted by Crippen LogP contribution is 2.30. The van der Waals surface area contributed by atoms with Gasteiger partial charge in [0.1, 0.15) is 5.76 Å². The van der Waals surface area contributed by atoms with Gasteiger partial charge in [-0.1, -0.05) is 0 Å². The van der Waals surface area contributed by atoms with Crippen molar-refractivity contribution in [3.05, 3.63) is 22.1 Å². The molecule has 0 fully saturated rings. The highest BCUT2D eigenvalue weighted by atomic mass is 79.9. The standard InChI is InChI=1S/C9H9BrO3/c10-8-4-5-1-2-6(9(11)12)3-7(5)13-8/h4,6H,1-3H2,(H,11,12). The Labute approximate surface area is 83.9 Å². The first-order valence-corrected chi connectivity index (χ1v) is 4.96. The third kappa shape index (κ3) is 1.63. The summed E-state index contributed by atoms with van der Waals surface area (Å²) in [7, 11) is 0. The van der Waals surface area contributed by atoms with Gasteiger partial charge in [-0.3, -0.25) is 4.79 Å². The van der Waals surface area contributed by atoms with Crippen LogP contribution < -0.4 is 0 Å². The van der Waals surface area contributed by atoms with Gasteiger partial charge in [0.2, 0.25) is 0 Å². The molecule has 1 heterocycles. The van der Waals surface area contributed by atoms with Gasteiger partial charge in [0.25, 0.3) is 0 Å². The number of aryl methyl sites for hydroxylation is 1. The van der Waals surface area contributed by atoms with Crippen molar-refractivity contribution in [2.24, 2.45) is 5.92 Å². The zero-order valence-corrected chi connectivity index (χ0v) is 8.50. The summed E-state index contributed by atoms with van der Waals surface area (Å²) in [6.07, 6.45) is 2.05. The first kappa shape index (κ1) is 8.81. The fourth-order valence-electron chi connectivity index (χ4n) is 1.68. The van der Waals surface area contributed by atoms with E-state index in [1.807, 2.05) is 6.07 Å². The summed E-state index contributed by atoms with van der Waals surface area (Å²) in [5, 5.41) is 8.82. The van der Waals surface area contributed by atoms with E-state index in [4.69, 9.17) is 9.52 Å². The molecule has 0 saturated heterocycles. The lowest BCUT2D eigenvalue weighted by atomic mass is 9.89. The molecule has 4 heteroatoms. The Balaban J connectivity index is 2.24. The van der Waals surface area contributed by atoms with Gasteiger partial charge in [-0.2, -0.15) is 0 Å². The summed E-state index contributed by atoms with van der Waals surface area (Å²) >= 11 is 3.24. The van der Waals surface area contributed by atoms with Crippen LogP contribution in [-0.4, -0.2) is 11.1 Å². The van der Waals surface area contributed by atoms with Crippen LogP contribution in [0.4, 0.5) is 0 Å². The van der Waals surface area contributed by atoms with E-state index in [-0.39, 0.29) is 5.92 Å². The molecule has 0 bridgehead atoms. The first-order chi connectivity index (χ1) is 6.16. The van der Waals surface area contributed by atoms with E-state index in [2.05, 4.69) is 15.9 Å². The fraction of sp³-hybridized carbons (Fsp3) is 0.444. The van der Waals surface area contributed by atoms with E-state index in [9.17, 15) is 4.79 Å². The molecule has 0 spiro atoms. The molecule has 1 aliphatic carbocycles. The van der Waals surface area contributed by atoms with Crippen LogP contribution >= 0.6 is 15.9 Å². The van der Waals surface area contributed by atoms with Crippen molar-refractivity contribution < 1.29 is 14.3 Å².